The van der Waals surface area contributed by atoms with Gasteiger partial charge in [-0.2, -0.15) is 5.10 Å². The lowest BCUT2D eigenvalue weighted by Gasteiger charge is -2.08. The zero-order chi connectivity index (χ0) is 13.8. The minimum absolute atomic E-state index is 0.209. The standard InChI is InChI=1S/C13H19N5O/c1-4-5-14-13(19)17-11-6-10-7-16-18(9(2)3)12(10)15-8-11/h6-9H,4-5H2,1-3H3,(H2,14,17,19). The van der Waals surface area contributed by atoms with Crippen molar-refractivity contribution in [2.75, 3.05) is 11.9 Å². The maximum Gasteiger partial charge on any atom is 0.319 e. The molecular weight excluding hydrogens is 242 g/mol. The van der Waals surface area contributed by atoms with Crippen molar-refractivity contribution in [2.45, 2.75) is 33.2 Å². The van der Waals surface area contributed by atoms with E-state index in [1.165, 1.54) is 0 Å². The van der Waals surface area contributed by atoms with E-state index in [1.807, 2.05) is 17.7 Å². The highest BCUT2D eigenvalue weighted by Gasteiger charge is 2.08. The number of nitrogens with zero attached hydrogens (tertiary/aromatic N) is 3. The fraction of sp³-hybridized carbons (Fsp3) is 0.462. The van der Waals surface area contributed by atoms with Gasteiger partial charge in [0.1, 0.15) is 0 Å². The molecule has 102 valence electrons. The number of fused-ring (bicyclic) bond motifs is 1. The van der Waals surface area contributed by atoms with Crippen LogP contribution in [0.5, 0.6) is 0 Å². The number of carbonyl (C=O) groups excluding carboxylic acids is 1. The summed E-state index contributed by atoms with van der Waals surface area (Å²) in [6.45, 7) is 6.78. The molecule has 2 amide bonds. The molecule has 6 nitrogen and oxygen atoms in total. The van der Waals surface area contributed by atoms with E-state index in [2.05, 4.69) is 34.6 Å². The minimum atomic E-state index is -0.209. The zero-order valence-corrected chi connectivity index (χ0v) is 11.5. The normalized spacial score (nSPS) is 10.9. The Morgan fingerprint density at radius 1 is 1.42 bits per heavy atom. The van der Waals surface area contributed by atoms with Gasteiger partial charge in [-0.15, -0.1) is 0 Å². The average molecular weight is 261 g/mol. The number of amides is 2. The van der Waals surface area contributed by atoms with Crippen molar-refractivity contribution in [1.29, 1.82) is 0 Å². The highest BCUT2D eigenvalue weighted by Crippen LogP contribution is 2.18. The number of hydrogen-bond acceptors (Lipinski definition) is 3. The van der Waals surface area contributed by atoms with Crippen LogP contribution in [0.15, 0.2) is 18.5 Å². The Balaban J connectivity index is 2.16. The molecule has 2 rings (SSSR count). The summed E-state index contributed by atoms with van der Waals surface area (Å²) >= 11 is 0. The molecule has 0 aliphatic heterocycles. The molecule has 0 saturated carbocycles. The van der Waals surface area contributed by atoms with E-state index >= 15 is 0 Å². The number of nitrogens with one attached hydrogen (secondary N) is 2. The molecule has 0 radical (unpaired) electrons. The van der Waals surface area contributed by atoms with Gasteiger partial charge in [-0.05, 0) is 26.3 Å². The Morgan fingerprint density at radius 2 is 2.21 bits per heavy atom. The highest BCUT2D eigenvalue weighted by atomic mass is 16.2. The van der Waals surface area contributed by atoms with E-state index in [9.17, 15) is 4.79 Å². The molecule has 6 heteroatoms. The monoisotopic (exact) mass is 261 g/mol. The van der Waals surface area contributed by atoms with Gasteiger partial charge in [-0.25, -0.2) is 14.5 Å². The molecule has 0 fully saturated rings. The second-order valence-corrected chi connectivity index (χ2v) is 4.70. The summed E-state index contributed by atoms with van der Waals surface area (Å²) < 4.78 is 1.86. The van der Waals surface area contributed by atoms with Crippen LogP contribution in [0.25, 0.3) is 11.0 Å². The van der Waals surface area contributed by atoms with Crippen LogP contribution in [-0.4, -0.2) is 27.3 Å². The molecule has 0 aromatic carbocycles. The summed E-state index contributed by atoms with van der Waals surface area (Å²) in [4.78, 5) is 15.9. The third kappa shape index (κ3) is 3.01. The van der Waals surface area contributed by atoms with Gasteiger partial charge in [-0.1, -0.05) is 6.92 Å². The maximum absolute atomic E-state index is 11.6. The van der Waals surface area contributed by atoms with E-state index in [-0.39, 0.29) is 12.1 Å². The molecule has 0 aliphatic carbocycles. The molecular formula is C13H19N5O. The van der Waals surface area contributed by atoms with Crippen molar-refractivity contribution in [1.82, 2.24) is 20.1 Å². The Kier molecular flexibility index (Phi) is 3.99. The number of rotatable bonds is 4. The van der Waals surface area contributed by atoms with Gasteiger partial charge < -0.3 is 10.6 Å². The first-order valence-electron chi connectivity index (χ1n) is 6.50. The fourth-order valence-corrected chi connectivity index (χ4v) is 1.80. The third-order valence-electron chi connectivity index (χ3n) is 2.72. The van der Waals surface area contributed by atoms with Crippen molar-refractivity contribution in [2.24, 2.45) is 0 Å². The average Bonchev–Trinajstić information content (AvgIpc) is 2.79. The van der Waals surface area contributed by atoms with Crippen molar-refractivity contribution in [3.05, 3.63) is 18.5 Å². The number of carbonyl (C=O) groups is 1. The topological polar surface area (TPSA) is 71.8 Å². The quantitative estimate of drug-likeness (QED) is 0.888. The first kappa shape index (κ1) is 13.3. The van der Waals surface area contributed by atoms with Crippen LogP contribution < -0.4 is 10.6 Å². The SMILES string of the molecule is CCCNC(=O)Nc1cnc2c(cnn2C(C)C)c1. The molecule has 0 unspecified atom stereocenters. The van der Waals surface area contributed by atoms with Gasteiger partial charge in [0.05, 0.1) is 18.1 Å². The van der Waals surface area contributed by atoms with Crippen LogP contribution in [0.4, 0.5) is 10.5 Å². The van der Waals surface area contributed by atoms with Crippen LogP contribution in [0, 0.1) is 0 Å². The molecule has 19 heavy (non-hydrogen) atoms. The summed E-state index contributed by atoms with van der Waals surface area (Å²) in [5, 5.41) is 10.7. The number of anilines is 1. The van der Waals surface area contributed by atoms with Crippen LogP contribution in [0.1, 0.15) is 33.2 Å². The Hall–Kier alpha value is -2.11. The number of aromatic nitrogens is 3. The van der Waals surface area contributed by atoms with Gasteiger partial charge in [0.2, 0.25) is 0 Å². The molecule has 0 spiro atoms. The second kappa shape index (κ2) is 5.69. The minimum Gasteiger partial charge on any atom is -0.338 e. The number of hydrogen-bond donors (Lipinski definition) is 2. The lowest BCUT2D eigenvalue weighted by molar-refractivity contribution is 0.252. The van der Waals surface area contributed by atoms with E-state index in [0.29, 0.717) is 12.2 Å². The second-order valence-electron chi connectivity index (χ2n) is 4.70. The Bertz CT molecular complexity index is 575. The van der Waals surface area contributed by atoms with Crippen LogP contribution in [-0.2, 0) is 0 Å². The summed E-state index contributed by atoms with van der Waals surface area (Å²) in [6, 6.07) is 1.93. The predicted octanol–water partition coefficient (Wildman–Crippen LogP) is 2.54. The van der Waals surface area contributed by atoms with Gasteiger partial charge >= 0.3 is 6.03 Å². The van der Waals surface area contributed by atoms with Crippen molar-refractivity contribution in [3.63, 3.8) is 0 Å². The van der Waals surface area contributed by atoms with Crippen LogP contribution in [0.3, 0.4) is 0 Å². The lowest BCUT2D eigenvalue weighted by atomic mass is 10.3. The van der Waals surface area contributed by atoms with Gasteiger partial charge in [-0.3, -0.25) is 0 Å². The largest absolute Gasteiger partial charge is 0.338 e. The summed E-state index contributed by atoms with van der Waals surface area (Å²) in [7, 11) is 0. The molecule has 0 saturated heterocycles. The molecule has 2 heterocycles. The van der Waals surface area contributed by atoms with E-state index in [0.717, 1.165) is 17.5 Å². The van der Waals surface area contributed by atoms with Crippen molar-refractivity contribution >= 4 is 22.8 Å². The highest BCUT2D eigenvalue weighted by molar-refractivity contribution is 5.91. The molecule has 0 bridgehead atoms. The lowest BCUT2D eigenvalue weighted by Crippen LogP contribution is -2.29. The van der Waals surface area contributed by atoms with E-state index in [1.54, 1.807) is 12.4 Å². The summed E-state index contributed by atoms with van der Waals surface area (Å²) in [5.74, 6) is 0. The molecule has 2 N–H and O–H groups in total. The van der Waals surface area contributed by atoms with Crippen LogP contribution >= 0.6 is 0 Å². The van der Waals surface area contributed by atoms with Crippen LogP contribution in [0.2, 0.25) is 0 Å². The smallest absolute Gasteiger partial charge is 0.319 e. The maximum atomic E-state index is 11.6. The van der Waals surface area contributed by atoms with Crippen molar-refractivity contribution in [3.8, 4) is 0 Å². The van der Waals surface area contributed by atoms with E-state index in [4.69, 9.17) is 0 Å². The van der Waals surface area contributed by atoms with E-state index < -0.39 is 0 Å². The number of urea groups is 1. The zero-order valence-electron chi connectivity index (χ0n) is 11.5. The summed E-state index contributed by atoms with van der Waals surface area (Å²) in [6.07, 6.45) is 4.32. The Labute approximate surface area is 112 Å². The van der Waals surface area contributed by atoms with Crippen molar-refractivity contribution < 1.29 is 4.79 Å². The first-order chi connectivity index (χ1) is 9.11. The van der Waals surface area contributed by atoms with Gasteiger partial charge in [0.25, 0.3) is 0 Å². The first-order valence-corrected chi connectivity index (χ1v) is 6.50. The summed E-state index contributed by atoms with van der Waals surface area (Å²) in [5.41, 5.74) is 1.50. The Morgan fingerprint density at radius 3 is 2.89 bits per heavy atom. The molecule has 2 aromatic heterocycles. The third-order valence-corrected chi connectivity index (χ3v) is 2.72. The molecule has 0 atom stereocenters. The van der Waals surface area contributed by atoms with Gasteiger partial charge in [0, 0.05) is 18.0 Å². The molecule has 0 aliphatic rings. The molecule has 2 aromatic rings. The van der Waals surface area contributed by atoms with Gasteiger partial charge in [0.15, 0.2) is 5.65 Å². The fourth-order valence-electron chi connectivity index (χ4n) is 1.80. The predicted molar refractivity (Wildman–Crippen MR) is 75.2 cm³/mol. The number of pyridine rings is 1.